The molecule has 100 valence electrons. The first-order chi connectivity index (χ1) is 8.74. The summed E-state index contributed by atoms with van der Waals surface area (Å²) in [5.41, 5.74) is 1.39. The van der Waals surface area contributed by atoms with E-state index in [2.05, 4.69) is 56.9 Å². The second-order valence-corrected chi connectivity index (χ2v) is 5.64. The molecule has 1 atom stereocenters. The molecule has 1 aromatic rings. The normalized spacial score (nSPS) is 12.1. The summed E-state index contributed by atoms with van der Waals surface area (Å²) >= 11 is 2.10. The third kappa shape index (κ3) is 6.35. The topological polar surface area (TPSA) is 38.3 Å². The highest BCUT2D eigenvalue weighted by Gasteiger charge is 2.13. The molecule has 0 saturated heterocycles. The van der Waals surface area contributed by atoms with Gasteiger partial charge in [0, 0.05) is 6.54 Å². The van der Waals surface area contributed by atoms with Gasteiger partial charge in [-0.2, -0.15) is 0 Å². The van der Waals surface area contributed by atoms with Crippen LogP contribution in [0.25, 0.3) is 0 Å². The lowest BCUT2D eigenvalue weighted by atomic mass is 10.1. The first kappa shape index (κ1) is 15.4. The van der Waals surface area contributed by atoms with Gasteiger partial charge < -0.3 is 10.1 Å². The van der Waals surface area contributed by atoms with Gasteiger partial charge in [0.25, 0.3) is 0 Å². The number of aryl methyl sites for hydroxylation is 1. The Balaban J connectivity index is 2.01. The van der Waals surface area contributed by atoms with Crippen molar-refractivity contribution < 1.29 is 9.53 Å². The summed E-state index contributed by atoms with van der Waals surface area (Å²) in [5, 5.41) is 3.28. The Morgan fingerprint density at radius 3 is 2.72 bits per heavy atom. The van der Waals surface area contributed by atoms with Crippen LogP contribution < -0.4 is 5.32 Å². The van der Waals surface area contributed by atoms with E-state index in [9.17, 15) is 4.79 Å². The number of methoxy groups -OCH3 is 1. The summed E-state index contributed by atoms with van der Waals surface area (Å²) in [4.78, 5) is 11.1. The zero-order valence-electron chi connectivity index (χ0n) is 10.7. The van der Waals surface area contributed by atoms with Crippen LogP contribution in [0.1, 0.15) is 18.4 Å². The number of esters is 1. The van der Waals surface area contributed by atoms with Crippen LogP contribution in [-0.2, 0) is 16.0 Å². The van der Waals surface area contributed by atoms with Crippen LogP contribution in [0.4, 0.5) is 0 Å². The van der Waals surface area contributed by atoms with Crippen molar-refractivity contribution in [3.05, 3.63) is 35.9 Å². The molecule has 0 heterocycles. The lowest BCUT2D eigenvalue weighted by Crippen LogP contribution is -2.30. The summed E-state index contributed by atoms with van der Waals surface area (Å²) in [5.74, 6) is -0.160. The van der Waals surface area contributed by atoms with Crippen LogP contribution in [0.3, 0.4) is 0 Å². The number of alkyl halides is 1. The van der Waals surface area contributed by atoms with E-state index in [-0.39, 0.29) is 9.89 Å². The molecule has 1 rings (SSSR count). The predicted octanol–water partition coefficient (Wildman–Crippen LogP) is 2.58. The number of benzene rings is 1. The molecule has 0 aliphatic carbocycles. The van der Waals surface area contributed by atoms with Crippen LogP contribution in [0.5, 0.6) is 0 Å². The van der Waals surface area contributed by atoms with Crippen LogP contribution in [-0.4, -0.2) is 30.1 Å². The van der Waals surface area contributed by atoms with E-state index in [0.29, 0.717) is 6.54 Å². The van der Waals surface area contributed by atoms with Crippen molar-refractivity contribution in [2.24, 2.45) is 0 Å². The fourth-order valence-electron chi connectivity index (χ4n) is 1.66. The zero-order chi connectivity index (χ0) is 13.2. The van der Waals surface area contributed by atoms with Crippen molar-refractivity contribution in [1.29, 1.82) is 0 Å². The minimum atomic E-state index is -0.160. The molecule has 1 unspecified atom stereocenters. The minimum absolute atomic E-state index is 0.0956. The molecule has 1 aromatic carbocycles. The first-order valence-electron chi connectivity index (χ1n) is 6.20. The number of hydrogen-bond acceptors (Lipinski definition) is 3. The molecule has 0 bridgehead atoms. The lowest BCUT2D eigenvalue weighted by molar-refractivity contribution is -0.139. The van der Waals surface area contributed by atoms with Crippen molar-refractivity contribution in [3.63, 3.8) is 0 Å². The van der Waals surface area contributed by atoms with Crippen molar-refractivity contribution in [1.82, 2.24) is 5.32 Å². The standard InChI is InChI=1S/C14H20INO2/c1-18-14(17)13(15)11-16-10-6-5-9-12-7-3-2-4-8-12/h2-4,7-8,13,16H,5-6,9-11H2,1H3. The van der Waals surface area contributed by atoms with Gasteiger partial charge >= 0.3 is 5.97 Å². The maximum atomic E-state index is 11.1. The van der Waals surface area contributed by atoms with E-state index >= 15 is 0 Å². The van der Waals surface area contributed by atoms with Crippen LogP contribution >= 0.6 is 22.6 Å². The van der Waals surface area contributed by atoms with Crippen LogP contribution in [0.2, 0.25) is 0 Å². The molecule has 0 radical (unpaired) electrons. The van der Waals surface area contributed by atoms with E-state index in [0.717, 1.165) is 19.4 Å². The molecule has 0 spiro atoms. The maximum Gasteiger partial charge on any atom is 0.319 e. The molecular weight excluding hydrogens is 341 g/mol. The molecule has 0 saturated carbocycles. The second-order valence-electron chi connectivity index (χ2n) is 4.14. The fraction of sp³-hybridized carbons (Fsp3) is 0.500. The third-order valence-electron chi connectivity index (χ3n) is 2.69. The van der Waals surface area contributed by atoms with Gasteiger partial charge in [0.05, 0.1) is 7.11 Å². The average Bonchev–Trinajstić information content (AvgIpc) is 2.42. The van der Waals surface area contributed by atoms with Gasteiger partial charge in [-0.05, 0) is 31.4 Å². The predicted molar refractivity (Wildman–Crippen MR) is 82.1 cm³/mol. The Kier molecular flexibility index (Phi) is 8.00. The van der Waals surface area contributed by atoms with E-state index in [4.69, 9.17) is 0 Å². The van der Waals surface area contributed by atoms with Gasteiger partial charge in [-0.15, -0.1) is 0 Å². The highest BCUT2D eigenvalue weighted by Crippen LogP contribution is 2.04. The Morgan fingerprint density at radius 2 is 2.06 bits per heavy atom. The van der Waals surface area contributed by atoms with E-state index in [1.807, 2.05) is 6.07 Å². The van der Waals surface area contributed by atoms with Gasteiger partial charge in [0.15, 0.2) is 0 Å². The summed E-state index contributed by atoms with van der Waals surface area (Å²) in [7, 11) is 1.42. The fourth-order valence-corrected chi connectivity index (χ4v) is 2.23. The number of hydrogen-bond donors (Lipinski definition) is 1. The van der Waals surface area contributed by atoms with E-state index < -0.39 is 0 Å². The largest absolute Gasteiger partial charge is 0.468 e. The highest BCUT2D eigenvalue weighted by atomic mass is 127. The Labute approximate surface area is 122 Å². The summed E-state index contributed by atoms with van der Waals surface area (Å²) in [6.07, 6.45) is 3.41. The maximum absolute atomic E-state index is 11.1. The summed E-state index contributed by atoms with van der Waals surface area (Å²) in [6.45, 7) is 1.63. The van der Waals surface area contributed by atoms with Crippen molar-refractivity contribution in [3.8, 4) is 0 Å². The molecule has 18 heavy (non-hydrogen) atoms. The number of carbonyl (C=O) groups excluding carboxylic acids is 1. The number of halogens is 1. The quantitative estimate of drug-likeness (QED) is 0.335. The molecule has 0 fully saturated rings. The highest BCUT2D eigenvalue weighted by molar-refractivity contribution is 14.1. The zero-order valence-corrected chi connectivity index (χ0v) is 12.9. The lowest BCUT2D eigenvalue weighted by Gasteiger charge is -2.09. The van der Waals surface area contributed by atoms with Gasteiger partial charge in [0.2, 0.25) is 0 Å². The first-order valence-corrected chi connectivity index (χ1v) is 7.45. The number of ether oxygens (including phenoxy) is 1. The average molecular weight is 361 g/mol. The van der Waals surface area contributed by atoms with Crippen molar-refractivity contribution >= 4 is 28.6 Å². The Hall–Kier alpha value is -0.620. The molecular formula is C14H20INO2. The Morgan fingerprint density at radius 1 is 1.33 bits per heavy atom. The number of nitrogens with one attached hydrogen (secondary N) is 1. The number of rotatable bonds is 8. The van der Waals surface area contributed by atoms with Crippen molar-refractivity contribution in [2.75, 3.05) is 20.2 Å². The van der Waals surface area contributed by atoms with Crippen LogP contribution in [0.15, 0.2) is 30.3 Å². The van der Waals surface area contributed by atoms with Gasteiger partial charge in [-0.25, -0.2) is 0 Å². The smallest absolute Gasteiger partial charge is 0.319 e. The van der Waals surface area contributed by atoms with Gasteiger partial charge in [-0.3, -0.25) is 4.79 Å². The SMILES string of the molecule is COC(=O)C(I)CNCCCCc1ccccc1. The molecule has 0 aromatic heterocycles. The summed E-state index contributed by atoms with van der Waals surface area (Å²) in [6, 6.07) is 10.5. The second kappa shape index (κ2) is 9.33. The monoisotopic (exact) mass is 361 g/mol. The van der Waals surface area contributed by atoms with Gasteiger partial charge in [-0.1, -0.05) is 52.9 Å². The molecule has 4 heteroatoms. The number of carbonyl (C=O) groups is 1. The van der Waals surface area contributed by atoms with E-state index in [1.165, 1.54) is 19.1 Å². The third-order valence-corrected chi connectivity index (χ3v) is 3.64. The molecule has 3 nitrogen and oxygen atoms in total. The van der Waals surface area contributed by atoms with Gasteiger partial charge in [0.1, 0.15) is 3.92 Å². The Bertz CT molecular complexity index is 343. The number of unbranched alkanes of at least 4 members (excludes halogenated alkanes) is 1. The molecule has 0 aliphatic heterocycles. The minimum Gasteiger partial charge on any atom is -0.468 e. The summed E-state index contributed by atoms with van der Waals surface area (Å²) < 4.78 is 4.57. The molecule has 0 aliphatic rings. The van der Waals surface area contributed by atoms with Crippen molar-refractivity contribution in [2.45, 2.75) is 23.2 Å². The molecule has 1 N–H and O–H groups in total. The van der Waals surface area contributed by atoms with Crippen LogP contribution in [0, 0.1) is 0 Å². The molecule has 0 amide bonds. The van der Waals surface area contributed by atoms with E-state index in [1.54, 1.807) is 0 Å².